The van der Waals surface area contributed by atoms with E-state index in [1.165, 1.54) is 10.9 Å². The Labute approximate surface area is 151 Å². The molecule has 0 bridgehead atoms. The molecule has 26 heavy (non-hydrogen) atoms. The quantitative estimate of drug-likeness (QED) is 0.545. The molecule has 0 fully saturated rings. The number of carbonyl (C=O) groups is 1. The summed E-state index contributed by atoms with van der Waals surface area (Å²) in [5, 5.41) is 12.4. The predicted molar refractivity (Wildman–Crippen MR) is 102 cm³/mol. The van der Waals surface area contributed by atoms with E-state index in [9.17, 15) is 4.79 Å². The van der Waals surface area contributed by atoms with Gasteiger partial charge in [0.1, 0.15) is 5.52 Å². The van der Waals surface area contributed by atoms with Gasteiger partial charge in [-0.05, 0) is 49.1 Å². The number of aryl methyl sites for hydroxylation is 2. The highest BCUT2D eigenvalue weighted by molar-refractivity contribution is 5.97. The van der Waals surface area contributed by atoms with Gasteiger partial charge in [-0.15, -0.1) is 5.10 Å². The van der Waals surface area contributed by atoms with Crippen LogP contribution in [0.1, 0.15) is 23.7 Å². The van der Waals surface area contributed by atoms with Crippen molar-refractivity contribution in [3.63, 3.8) is 0 Å². The zero-order chi connectivity index (χ0) is 17.9. The lowest BCUT2D eigenvalue weighted by atomic mass is 10.2. The van der Waals surface area contributed by atoms with Gasteiger partial charge in [-0.1, -0.05) is 23.4 Å². The average Bonchev–Trinajstić information content (AvgIpc) is 3.28. The molecule has 4 aromatic rings. The Kier molecular flexibility index (Phi) is 4.39. The van der Waals surface area contributed by atoms with E-state index in [0.29, 0.717) is 12.1 Å². The predicted octanol–water partition coefficient (Wildman–Crippen LogP) is 3.23. The molecule has 132 valence electrons. The van der Waals surface area contributed by atoms with Crippen LogP contribution in [-0.2, 0) is 13.1 Å². The normalized spacial score (nSPS) is 11.3. The van der Waals surface area contributed by atoms with Crippen molar-refractivity contribution in [2.75, 3.05) is 6.54 Å². The number of carbonyl (C=O) groups excluding carboxylic acids is 1. The van der Waals surface area contributed by atoms with Gasteiger partial charge < -0.3 is 9.88 Å². The molecule has 2 heterocycles. The highest BCUT2D eigenvalue weighted by atomic mass is 16.1. The maximum Gasteiger partial charge on any atom is 0.251 e. The van der Waals surface area contributed by atoms with Crippen molar-refractivity contribution in [1.82, 2.24) is 24.9 Å². The molecule has 0 saturated carbocycles. The Hall–Kier alpha value is -3.15. The first-order valence-electron chi connectivity index (χ1n) is 8.91. The van der Waals surface area contributed by atoms with Crippen LogP contribution < -0.4 is 5.32 Å². The highest BCUT2D eigenvalue weighted by Gasteiger charge is 2.09. The molecule has 2 aromatic carbocycles. The molecule has 2 aromatic heterocycles. The molecule has 0 radical (unpaired) electrons. The zero-order valence-electron chi connectivity index (χ0n) is 14.7. The first kappa shape index (κ1) is 16.3. The van der Waals surface area contributed by atoms with E-state index in [0.717, 1.165) is 30.5 Å². The van der Waals surface area contributed by atoms with Crippen molar-refractivity contribution < 1.29 is 4.79 Å². The van der Waals surface area contributed by atoms with Crippen LogP contribution in [0.2, 0.25) is 0 Å². The number of aromatic nitrogens is 4. The summed E-state index contributed by atoms with van der Waals surface area (Å²) in [6, 6.07) is 16.0. The van der Waals surface area contributed by atoms with Crippen LogP contribution in [0.5, 0.6) is 0 Å². The number of rotatable bonds is 6. The van der Waals surface area contributed by atoms with Crippen molar-refractivity contribution in [1.29, 1.82) is 0 Å². The topological polar surface area (TPSA) is 64.7 Å². The van der Waals surface area contributed by atoms with E-state index >= 15 is 0 Å². The van der Waals surface area contributed by atoms with Crippen LogP contribution in [0, 0.1) is 0 Å². The Morgan fingerprint density at radius 2 is 2.00 bits per heavy atom. The van der Waals surface area contributed by atoms with Gasteiger partial charge >= 0.3 is 0 Å². The maximum absolute atomic E-state index is 12.4. The van der Waals surface area contributed by atoms with Crippen LogP contribution in [0.3, 0.4) is 0 Å². The molecule has 0 aliphatic rings. The molecular weight excluding hydrogens is 326 g/mol. The summed E-state index contributed by atoms with van der Waals surface area (Å²) in [6.45, 7) is 4.28. The number of hydrogen-bond donors (Lipinski definition) is 1. The second kappa shape index (κ2) is 7.00. The minimum atomic E-state index is -0.0738. The average molecular weight is 347 g/mol. The van der Waals surface area contributed by atoms with Crippen molar-refractivity contribution >= 4 is 27.8 Å². The number of nitrogens with one attached hydrogen (secondary N) is 1. The lowest BCUT2D eigenvalue weighted by Gasteiger charge is -2.07. The molecule has 0 atom stereocenters. The first-order chi connectivity index (χ1) is 12.8. The summed E-state index contributed by atoms with van der Waals surface area (Å²) in [6.07, 6.45) is 2.97. The number of fused-ring (bicyclic) bond motifs is 2. The number of para-hydroxylation sites is 1. The van der Waals surface area contributed by atoms with Gasteiger partial charge in [-0.3, -0.25) is 4.79 Å². The van der Waals surface area contributed by atoms with Crippen molar-refractivity contribution in [2.24, 2.45) is 0 Å². The van der Waals surface area contributed by atoms with Crippen LogP contribution in [0.15, 0.2) is 54.7 Å². The summed E-state index contributed by atoms with van der Waals surface area (Å²) in [7, 11) is 0. The fourth-order valence-corrected chi connectivity index (χ4v) is 3.24. The lowest BCUT2D eigenvalue weighted by molar-refractivity contribution is 0.0953. The summed E-state index contributed by atoms with van der Waals surface area (Å²) in [5.74, 6) is -0.0738. The van der Waals surface area contributed by atoms with E-state index in [-0.39, 0.29) is 5.91 Å². The van der Waals surface area contributed by atoms with E-state index in [2.05, 4.69) is 44.6 Å². The first-order valence-corrected chi connectivity index (χ1v) is 8.91. The maximum atomic E-state index is 12.4. The van der Waals surface area contributed by atoms with Gasteiger partial charge in [0.15, 0.2) is 0 Å². The van der Waals surface area contributed by atoms with Gasteiger partial charge in [-0.2, -0.15) is 0 Å². The molecule has 1 amide bonds. The summed E-state index contributed by atoms with van der Waals surface area (Å²) in [4.78, 5) is 12.4. The summed E-state index contributed by atoms with van der Waals surface area (Å²) < 4.78 is 4.04. The molecule has 0 unspecified atom stereocenters. The van der Waals surface area contributed by atoms with Crippen LogP contribution >= 0.6 is 0 Å². The fraction of sp³-hybridized carbons (Fsp3) is 0.250. The van der Waals surface area contributed by atoms with Gasteiger partial charge in [0.25, 0.3) is 5.91 Å². The Morgan fingerprint density at radius 1 is 1.12 bits per heavy atom. The third-order valence-electron chi connectivity index (χ3n) is 4.62. The van der Waals surface area contributed by atoms with E-state index in [1.807, 2.05) is 35.9 Å². The zero-order valence-corrected chi connectivity index (χ0v) is 14.7. The molecule has 0 aliphatic carbocycles. The van der Waals surface area contributed by atoms with Crippen LogP contribution in [-0.4, -0.2) is 32.0 Å². The van der Waals surface area contributed by atoms with E-state index in [4.69, 9.17) is 0 Å². The fourth-order valence-electron chi connectivity index (χ4n) is 3.24. The number of amides is 1. The van der Waals surface area contributed by atoms with Crippen molar-refractivity contribution in [3.8, 4) is 0 Å². The van der Waals surface area contributed by atoms with E-state index in [1.54, 1.807) is 6.07 Å². The van der Waals surface area contributed by atoms with Gasteiger partial charge in [0.05, 0.1) is 5.52 Å². The van der Waals surface area contributed by atoms with Gasteiger partial charge in [-0.25, -0.2) is 4.68 Å². The molecule has 0 aliphatic heterocycles. The Morgan fingerprint density at radius 3 is 2.88 bits per heavy atom. The lowest BCUT2D eigenvalue weighted by Crippen LogP contribution is -2.25. The molecule has 0 saturated heterocycles. The van der Waals surface area contributed by atoms with Crippen LogP contribution in [0.25, 0.3) is 21.9 Å². The minimum Gasteiger partial charge on any atom is -0.352 e. The highest BCUT2D eigenvalue weighted by Crippen LogP contribution is 2.15. The molecule has 4 rings (SSSR count). The molecule has 6 nitrogen and oxygen atoms in total. The monoisotopic (exact) mass is 347 g/mol. The molecule has 1 N–H and O–H groups in total. The Balaban J connectivity index is 1.35. The van der Waals surface area contributed by atoms with Gasteiger partial charge in [0.2, 0.25) is 0 Å². The second-order valence-corrected chi connectivity index (χ2v) is 6.29. The summed E-state index contributed by atoms with van der Waals surface area (Å²) in [5.41, 5.74) is 3.54. The van der Waals surface area contributed by atoms with Crippen molar-refractivity contribution in [2.45, 2.75) is 26.4 Å². The second-order valence-electron chi connectivity index (χ2n) is 6.29. The van der Waals surface area contributed by atoms with Gasteiger partial charge in [0, 0.05) is 36.9 Å². The number of nitrogens with zero attached hydrogens (tertiary/aromatic N) is 4. The van der Waals surface area contributed by atoms with Crippen molar-refractivity contribution in [3.05, 3.63) is 60.3 Å². The number of hydrogen-bond acceptors (Lipinski definition) is 3. The van der Waals surface area contributed by atoms with Crippen LogP contribution in [0.4, 0.5) is 0 Å². The largest absolute Gasteiger partial charge is 0.352 e. The third-order valence-corrected chi connectivity index (χ3v) is 4.62. The third kappa shape index (κ3) is 3.06. The standard InChI is InChI=1S/C20H21N5O/c1-2-25-19-9-8-16(14-17(19)22-23-25)20(26)21-11-5-12-24-13-10-15-6-3-4-7-18(15)24/h3-4,6-10,13-14H,2,5,11-12H2,1H3,(H,21,26). The smallest absolute Gasteiger partial charge is 0.251 e. The SMILES string of the molecule is CCn1nnc2cc(C(=O)NCCCn3ccc4ccccc43)ccc21. The molecular formula is C20H21N5O. The van der Waals surface area contributed by atoms with E-state index < -0.39 is 0 Å². The molecule has 6 heteroatoms. The number of benzene rings is 2. The Bertz CT molecular complexity index is 1060. The minimum absolute atomic E-state index is 0.0738. The summed E-state index contributed by atoms with van der Waals surface area (Å²) >= 11 is 0. The molecule has 0 spiro atoms.